The monoisotopic (exact) mass is 460 g/mol. The Kier molecular flexibility index (Phi) is 7.10. The Morgan fingerprint density at radius 1 is 0.968 bits per heavy atom. The molecule has 0 heterocycles. The molecule has 3 aromatic rings. The van der Waals surface area contributed by atoms with Crippen LogP contribution in [0.15, 0.2) is 71.6 Å². The van der Waals surface area contributed by atoms with Gasteiger partial charge in [0.2, 0.25) is 15.9 Å². The fourth-order valence-corrected chi connectivity index (χ4v) is 4.65. The number of nitrogens with zero attached hydrogens (tertiary/aromatic N) is 1. The summed E-state index contributed by atoms with van der Waals surface area (Å²) in [5, 5.41) is 3.16. The highest BCUT2D eigenvalue weighted by molar-refractivity contribution is 7.89. The van der Waals surface area contributed by atoms with Crippen molar-refractivity contribution in [2.24, 2.45) is 0 Å². The summed E-state index contributed by atoms with van der Waals surface area (Å²) in [6, 6.07) is 17.1. The normalized spacial score (nSPS) is 11.5. The smallest absolute Gasteiger partial charge is 0.243 e. The Morgan fingerprint density at radius 2 is 1.58 bits per heavy atom. The van der Waals surface area contributed by atoms with E-state index in [4.69, 9.17) is 11.6 Å². The number of anilines is 1. The Morgan fingerprint density at radius 3 is 2.19 bits per heavy atom. The standard InChI is InChI=1S/C23H22ClFN2O3S/c1-16-6-5-7-17(2)23(16)26-22(28)15-27(14-18-8-3-4-9-21(18)25)31(29,30)20-12-10-19(24)11-13-20/h3-13H,14-15H2,1-2H3,(H,26,28). The number of nitrogens with one attached hydrogen (secondary N) is 1. The van der Waals surface area contributed by atoms with Gasteiger partial charge in [-0.05, 0) is 55.3 Å². The quantitative estimate of drug-likeness (QED) is 0.544. The van der Waals surface area contributed by atoms with Crippen molar-refractivity contribution in [3.05, 3.63) is 94.3 Å². The third-order valence-electron chi connectivity index (χ3n) is 4.82. The number of sulfonamides is 1. The Hall–Kier alpha value is -2.74. The first-order chi connectivity index (χ1) is 14.7. The van der Waals surface area contributed by atoms with Gasteiger partial charge >= 0.3 is 0 Å². The SMILES string of the molecule is Cc1cccc(C)c1NC(=O)CN(Cc1ccccc1F)S(=O)(=O)c1ccc(Cl)cc1. The van der Waals surface area contributed by atoms with E-state index in [0.29, 0.717) is 10.7 Å². The first-order valence-corrected chi connectivity index (χ1v) is 11.4. The van der Waals surface area contributed by atoms with Crippen molar-refractivity contribution in [1.82, 2.24) is 4.31 Å². The maximum atomic E-state index is 14.2. The second-order valence-corrected chi connectivity index (χ2v) is 9.51. The number of carbonyl (C=O) groups is 1. The van der Waals surface area contributed by atoms with Crippen LogP contribution in [0.1, 0.15) is 16.7 Å². The summed E-state index contributed by atoms with van der Waals surface area (Å²) in [5.41, 5.74) is 2.51. The molecule has 0 saturated carbocycles. The molecule has 0 aliphatic heterocycles. The fourth-order valence-electron chi connectivity index (χ4n) is 3.15. The molecule has 0 unspecified atom stereocenters. The molecule has 162 valence electrons. The van der Waals surface area contributed by atoms with Gasteiger partial charge in [-0.25, -0.2) is 12.8 Å². The van der Waals surface area contributed by atoms with Crippen LogP contribution in [0.2, 0.25) is 5.02 Å². The van der Waals surface area contributed by atoms with Crippen LogP contribution >= 0.6 is 11.6 Å². The molecule has 0 aliphatic rings. The fraction of sp³-hybridized carbons (Fsp3) is 0.174. The van der Waals surface area contributed by atoms with E-state index in [1.165, 1.54) is 42.5 Å². The number of para-hydroxylation sites is 1. The molecule has 0 aromatic heterocycles. The van der Waals surface area contributed by atoms with E-state index in [1.54, 1.807) is 6.07 Å². The summed E-state index contributed by atoms with van der Waals surface area (Å²) in [5.74, 6) is -1.07. The maximum Gasteiger partial charge on any atom is 0.243 e. The molecule has 8 heteroatoms. The summed E-state index contributed by atoms with van der Waals surface area (Å²) < 4.78 is 41.7. The van der Waals surface area contributed by atoms with Crippen LogP contribution in [0.4, 0.5) is 10.1 Å². The molecule has 1 amide bonds. The molecule has 1 N–H and O–H groups in total. The van der Waals surface area contributed by atoms with Gasteiger partial charge in [-0.15, -0.1) is 0 Å². The molecular formula is C23H22ClFN2O3S. The Balaban J connectivity index is 1.92. The number of amides is 1. The van der Waals surface area contributed by atoms with Crippen molar-refractivity contribution < 1.29 is 17.6 Å². The van der Waals surface area contributed by atoms with Crippen molar-refractivity contribution in [3.8, 4) is 0 Å². The first kappa shape index (κ1) is 22.9. The van der Waals surface area contributed by atoms with Gasteiger partial charge in [0.25, 0.3) is 0 Å². The summed E-state index contributed by atoms with van der Waals surface area (Å²) >= 11 is 5.87. The molecule has 0 aliphatic carbocycles. The Bertz CT molecular complexity index is 1180. The van der Waals surface area contributed by atoms with Crippen molar-refractivity contribution in [1.29, 1.82) is 0 Å². The number of hydrogen-bond donors (Lipinski definition) is 1. The largest absolute Gasteiger partial charge is 0.324 e. The molecule has 3 rings (SSSR count). The van der Waals surface area contributed by atoms with E-state index in [2.05, 4.69) is 5.32 Å². The van der Waals surface area contributed by atoms with Crippen LogP contribution in [-0.2, 0) is 21.4 Å². The minimum atomic E-state index is -4.09. The second kappa shape index (κ2) is 9.60. The lowest BCUT2D eigenvalue weighted by atomic mass is 10.1. The van der Waals surface area contributed by atoms with Gasteiger partial charge in [-0.1, -0.05) is 48.0 Å². The molecular weight excluding hydrogens is 439 g/mol. The highest BCUT2D eigenvalue weighted by atomic mass is 35.5. The minimum absolute atomic E-state index is 0.0342. The summed E-state index contributed by atoms with van der Waals surface area (Å²) in [6.45, 7) is 2.93. The van der Waals surface area contributed by atoms with Gasteiger partial charge in [-0.2, -0.15) is 4.31 Å². The maximum absolute atomic E-state index is 14.2. The number of rotatable bonds is 7. The molecule has 0 saturated heterocycles. The van der Waals surface area contributed by atoms with Crippen LogP contribution in [0.25, 0.3) is 0 Å². The van der Waals surface area contributed by atoms with Gasteiger partial charge < -0.3 is 5.32 Å². The summed E-state index contributed by atoms with van der Waals surface area (Å²) in [7, 11) is -4.09. The van der Waals surface area contributed by atoms with Crippen molar-refractivity contribution in [3.63, 3.8) is 0 Å². The van der Waals surface area contributed by atoms with Gasteiger partial charge in [0.15, 0.2) is 0 Å². The highest BCUT2D eigenvalue weighted by Crippen LogP contribution is 2.23. The zero-order valence-electron chi connectivity index (χ0n) is 17.1. The van der Waals surface area contributed by atoms with Crippen LogP contribution in [0.3, 0.4) is 0 Å². The topological polar surface area (TPSA) is 66.5 Å². The third-order valence-corrected chi connectivity index (χ3v) is 6.88. The predicted molar refractivity (Wildman–Crippen MR) is 120 cm³/mol. The van der Waals surface area contributed by atoms with Gasteiger partial charge in [-0.3, -0.25) is 4.79 Å². The van der Waals surface area contributed by atoms with Gasteiger partial charge in [0.1, 0.15) is 5.82 Å². The van der Waals surface area contributed by atoms with E-state index >= 15 is 0 Å². The van der Waals surface area contributed by atoms with E-state index in [9.17, 15) is 17.6 Å². The molecule has 31 heavy (non-hydrogen) atoms. The lowest BCUT2D eigenvalue weighted by Crippen LogP contribution is -2.38. The third kappa shape index (κ3) is 5.50. The van der Waals surface area contributed by atoms with Crippen LogP contribution < -0.4 is 5.32 Å². The van der Waals surface area contributed by atoms with Crippen LogP contribution in [0, 0.1) is 19.7 Å². The minimum Gasteiger partial charge on any atom is -0.324 e. The summed E-state index contributed by atoms with van der Waals surface area (Å²) in [6.07, 6.45) is 0. The summed E-state index contributed by atoms with van der Waals surface area (Å²) in [4.78, 5) is 12.8. The van der Waals surface area contributed by atoms with Crippen molar-refractivity contribution >= 4 is 33.2 Å². The first-order valence-electron chi connectivity index (χ1n) is 9.53. The molecule has 3 aromatic carbocycles. The van der Waals surface area contributed by atoms with E-state index in [-0.39, 0.29) is 17.0 Å². The molecule has 5 nitrogen and oxygen atoms in total. The van der Waals surface area contributed by atoms with Gasteiger partial charge in [0, 0.05) is 22.8 Å². The number of benzene rings is 3. The zero-order chi connectivity index (χ0) is 22.6. The number of carbonyl (C=O) groups excluding carboxylic acids is 1. The Labute approximate surface area is 186 Å². The van der Waals surface area contributed by atoms with Gasteiger partial charge in [0.05, 0.1) is 11.4 Å². The van der Waals surface area contributed by atoms with E-state index in [0.717, 1.165) is 15.4 Å². The average Bonchev–Trinajstić information content (AvgIpc) is 2.72. The lowest BCUT2D eigenvalue weighted by Gasteiger charge is -2.23. The van der Waals surface area contributed by atoms with Crippen LogP contribution in [0.5, 0.6) is 0 Å². The second-order valence-electron chi connectivity index (χ2n) is 7.13. The number of halogens is 2. The van der Waals surface area contributed by atoms with E-state index in [1.807, 2.05) is 32.0 Å². The molecule has 0 spiro atoms. The number of hydrogen-bond acceptors (Lipinski definition) is 3. The zero-order valence-corrected chi connectivity index (χ0v) is 18.7. The number of aryl methyl sites for hydroxylation is 2. The molecule has 0 bridgehead atoms. The molecule has 0 atom stereocenters. The highest BCUT2D eigenvalue weighted by Gasteiger charge is 2.28. The molecule has 0 radical (unpaired) electrons. The lowest BCUT2D eigenvalue weighted by molar-refractivity contribution is -0.116. The van der Waals surface area contributed by atoms with Crippen LogP contribution in [-0.4, -0.2) is 25.2 Å². The molecule has 0 fully saturated rings. The van der Waals surface area contributed by atoms with E-state index < -0.39 is 28.3 Å². The average molecular weight is 461 g/mol. The van der Waals surface area contributed by atoms with Crippen molar-refractivity contribution in [2.45, 2.75) is 25.3 Å². The predicted octanol–water partition coefficient (Wildman–Crippen LogP) is 4.93. The van der Waals surface area contributed by atoms with Crippen molar-refractivity contribution in [2.75, 3.05) is 11.9 Å².